The van der Waals surface area contributed by atoms with E-state index in [1.54, 1.807) is 6.20 Å². The van der Waals surface area contributed by atoms with Crippen LogP contribution in [0.4, 0.5) is 0 Å². The second-order valence-electron chi connectivity index (χ2n) is 4.17. The lowest BCUT2D eigenvalue weighted by atomic mass is 10.1. The molecule has 0 aliphatic carbocycles. The Balaban J connectivity index is 2.28. The van der Waals surface area contributed by atoms with Crippen LogP contribution in [0.5, 0.6) is 0 Å². The maximum Gasteiger partial charge on any atom is 0.0761 e. The Morgan fingerprint density at radius 1 is 1.41 bits per heavy atom. The average Bonchev–Trinajstić information content (AvgIpc) is 2.32. The number of nitrogens with one attached hydrogen (secondary N) is 1. The van der Waals surface area contributed by atoms with Crippen LogP contribution >= 0.6 is 11.6 Å². The van der Waals surface area contributed by atoms with Gasteiger partial charge in [0.05, 0.1) is 5.52 Å². The molecule has 0 fully saturated rings. The van der Waals surface area contributed by atoms with Crippen molar-refractivity contribution in [2.75, 3.05) is 6.54 Å². The second-order valence-corrected chi connectivity index (χ2v) is 4.57. The lowest BCUT2D eigenvalue weighted by Gasteiger charge is -2.08. The van der Waals surface area contributed by atoms with Crippen molar-refractivity contribution in [3.63, 3.8) is 0 Å². The van der Waals surface area contributed by atoms with Crippen LogP contribution in [0.3, 0.4) is 0 Å². The molecule has 1 N–H and O–H groups in total. The number of rotatable bonds is 4. The zero-order valence-electron chi connectivity index (χ0n) is 9.83. The summed E-state index contributed by atoms with van der Waals surface area (Å²) in [5, 5.41) is 5.08. The smallest absolute Gasteiger partial charge is 0.0761 e. The summed E-state index contributed by atoms with van der Waals surface area (Å²) < 4.78 is 0. The van der Waals surface area contributed by atoms with Crippen molar-refractivity contribution in [1.29, 1.82) is 0 Å². The molecule has 0 bridgehead atoms. The first-order valence-corrected chi connectivity index (χ1v) is 5.93. The molecule has 1 aromatic carbocycles. The molecular formula is C14H15ClN2. The van der Waals surface area contributed by atoms with Gasteiger partial charge in [-0.3, -0.25) is 4.98 Å². The number of pyridine rings is 1. The maximum absolute atomic E-state index is 6.14. The number of halogens is 1. The largest absolute Gasteiger partial charge is 0.309 e. The van der Waals surface area contributed by atoms with Crippen LogP contribution in [0.15, 0.2) is 42.6 Å². The minimum Gasteiger partial charge on any atom is -0.309 e. The first kappa shape index (κ1) is 12.1. The summed E-state index contributed by atoms with van der Waals surface area (Å²) in [6.45, 7) is 7.46. The molecular weight excluding hydrogens is 232 g/mol. The predicted molar refractivity (Wildman–Crippen MR) is 73.3 cm³/mol. The van der Waals surface area contributed by atoms with Crippen molar-refractivity contribution < 1.29 is 0 Å². The molecule has 0 radical (unpaired) electrons. The van der Waals surface area contributed by atoms with E-state index in [0.717, 1.165) is 40.2 Å². The Bertz CT molecular complexity index is 549. The van der Waals surface area contributed by atoms with Crippen molar-refractivity contribution in [2.45, 2.75) is 13.5 Å². The van der Waals surface area contributed by atoms with E-state index in [0.29, 0.717) is 0 Å². The fourth-order valence-corrected chi connectivity index (χ4v) is 1.97. The fraction of sp³-hybridized carbons (Fsp3) is 0.214. The molecule has 3 heteroatoms. The van der Waals surface area contributed by atoms with Crippen LogP contribution in [-0.4, -0.2) is 11.5 Å². The fourth-order valence-electron chi connectivity index (χ4n) is 1.75. The first-order chi connectivity index (χ1) is 8.18. The number of hydrogen-bond acceptors (Lipinski definition) is 2. The minimum absolute atomic E-state index is 0.747. The summed E-state index contributed by atoms with van der Waals surface area (Å²) in [6.07, 6.45) is 1.79. The lowest BCUT2D eigenvalue weighted by molar-refractivity contribution is 0.744. The highest BCUT2D eigenvalue weighted by Gasteiger charge is 2.04. The van der Waals surface area contributed by atoms with Gasteiger partial charge in [-0.25, -0.2) is 0 Å². The number of benzene rings is 1. The molecule has 0 amide bonds. The van der Waals surface area contributed by atoms with E-state index < -0.39 is 0 Å². The third kappa shape index (κ3) is 2.84. The molecule has 88 valence electrons. The zero-order valence-corrected chi connectivity index (χ0v) is 10.6. The molecule has 2 rings (SSSR count). The number of nitrogens with zero attached hydrogens (tertiary/aromatic N) is 1. The van der Waals surface area contributed by atoms with Crippen LogP contribution in [0.25, 0.3) is 10.9 Å². The topological polar surface area (TPSA) is 24.9 Å². The first-order valence-electron chi connectivity index (χ1n) is 5.55. The van der Waals surface area contributed by atoms with E-state index in [9.17, 15) is 0 Å². The molecule has 1 heterocycles. The lowest BCUT2D eigenvalue weighted by Crippen LogP contribution is -2.15. The Labute approximate surface area is 106 Å². The van der Waals surface area contributed by atoms with Crippen molar-refractivity contribution in [1.82, 2.24) is 10.3 Å². The Kier molecular flexibility index (Phi) is 3.77. The summed E-state index contributed by atoms with van der Waals surface area (Å²) in [5.74, 6) is 0. The van der Waals surface area contributed by atoms with Crippen LogP contribution in [0.2, 0.25) is 5.02 Å². The molecule has 0 aliphatic rings. The van der Waals surface area contributed by atoms with Gasteiger partial charge in [0.1, 0.15) is 0 Å². The predicted octanol–water partition coefficient (Wildman–Crippen LogP) is 3.55. The van der Waals surface area contributed by atoms with Gasteiger partial charge in [-0.15, -0.1) is 0 Å². The van der Waals surface area contributed by atoms with Gasteiger partial charge in [0.15, 0.2) is 0 Å². The van der Waals surface area contributed by atoms with Gasteiger partial charge in [0, 0.05) is 29.7 Å². The zero-order chi connectivity index (χ0) is 12.3. The van der Waals surface area contributed by atoms with Crippen LogP contribution in [0, 0.1) is 0 Å². The summed E-state index contributed by atoms with van der Waals surface area (Å²) in [5.41, 5.74) is 3.25. The van der Waals surface area contributed by atoms with Crippen molar-refractivity contribution in [3.8, 4) is 0 Å². The van der Waals surface area contributed by atoms with E-state index in [2.05, 4.69) is 16.9 Å². The highest BCUT2D eigenvalue weighted by molar-refractivity contribution is 6.35. The van der Waals surface area contributed by atoms with E-state index >= 15 is 0 Å². The molecule has 0 spiro atoms. The van der Waals surface area contributed by atoms with Crippen molar-refractivity contribution >= 4 is 22.5 Å². The highest BCUT2D eigenvalue weighted by atomic mass is 35.5. The van der Waals surface area contributed by atoms with Gasteiger partial charge < -0.3 is 5.32 Å². The highest BCUT2D eigenvalue weighted by Crippen LogP contribution is 2.24. The SMILES string of the molecule is C=C(C)CNCc1ccc(Cl)c2cccnc12. The van der Waals surface area contributed by atoms with E-state index in [1.165, 1.54) is 0 Å². The number of fused-ring (bicyclic) bond motifs is 1. The molecule has 2 aromatic rings. The summed E-state index contributed by atoms with van der Waals surface area (Å²) in [4.78, 5) is 4.39. The normalized spacial score (nSPS) is 10.7. The third-order valence-corrected chi connectivity index (χ3v) is 2.87. The van der Waals surface area contributed by atoms with Crippen LogP contribution in [-0.2, 0) is 6.54 Å². The molecule has 2 nitrogen and oxygen atoms in total. The Morgan fingerprint density at radius 2 is 2.24 bits per heavy atom. The van der Waals surface area contributed by atoms with Crippen LogP contribution < -0.4 is 5.32 Å². The van der Waals surface area contributed by atoms with Gasteiger partial charge in [-0.2, -0.15) is 0 Å². The van der Waals surface area contributed by atoms with Gasteiger partial charge in [-0.05, 0) is 30.7 Å². The minimum atomic E-state index is 0.747. The Hall–Kier alpha value is -1.38. The third-order valence-electron chi connectivity index (χ3n) is 2.54. The summed E-state index contributed by atoms with van der Waals surface area (Å²) >= 11 is 6.14. The van der Waals surface area contributed by atoms with E-state index in [4.69, 9.17) is 11.6 Å². The molecule has 0 saturated heterocycles. The maximum atomic E-state index is 6.14. The molecule has 0 saturated carbocycles. The van der Waals surface area contributed by atoms with Crippen LogP contribution in [0.1, 0.15) is 12.5 Å². The van der Waals surface area contributed by atoms with E-state index in [1.807, 2.05) is 31.2 Å². The van der Waals surface area contributed by atoms with Crippen molar-refractivity contribution in [2.24, 2.45) is 0 Å². The van der Waals surface area contributed by atoms with Gasteiger partial charge in [0.2, 0.25) is 0 Å². The Morgan fingerprint density at radius 3 is 3.00 bits per heavy atom. The quantitative estimate of drug-likeness (QED) is 0.835. The van der Waals surface area contributed by atoms with Gasteiger partial charge >= 0.3 is 0 Å². The monoisotopic (exact) mass is 246 g/mol. The van der Waals surface area contributed by atoms with Gasteiger partial charge in [-0.1, -0.05) is 29.8 Å². The molecule has 0 aliphatic heterocycles. The number of hydrogen-bond donors (Lipinski definition) is 1. The number of aromatic nitrogens is 1. The molecule has 0 atom stereocenters. The standard InChI is InChI=1S/C14H15ClN2/c1-10(2)8-16-9-11-5-6-13(15)12-4-3-7-17-14(11)12/h3-7,16H,1,8-9H2,2H3. The molecule has 0 unspecified atom stereocenters. The average molecular weight is 247 g/mol. The summed E-state index contributed by atoms with van der Waals surface area (Å²) in [7, 11) is 0. The second kappa shape index (κ2) is 5.30. The van der Waals surface area contributed by atoms with E-state index in [-0.39, 0.29) is 0 Å². The van der Waals surface area contributed by atoms with Gasteiger partial charge in [0.25, 0.3) is 0 Å². The molecule has 17 heavy (non-hydrogen) atoms. The van der Waals surface area contributed by atoms with Crippen molar-refractivity contribution in [3.05, 3.63) is 53.2 Å². The molecule has 1 aromatic heterocycles. The summed E-state index contributed by atoms with van der Waals surface area (Å²) in [6, 6.07) is 7.83.